The number of hydrogen-bond acceptors (Lipinski definition) is 8. The van der Waals surface area contributed by atoms with Gasteiger partial charge in [0.25, 0.3) is 10.0 Å². The van der Waals surface area contributed by atoms with Crippen molar-refractivity contribution >= 4 is 27.5 Å². The third-order valence-electron chi connectivity index (χ3n) is 4.86. The van der Waals surface area contributed by atoms with Crippen LogP contribution in [0.1, 0.15) is 0 Å². The standard InChI is InChI=1S/C20H21FN6O3S/c1-30-18-6-5-16(12-17(18)21)31(28,29)25-15-13-23-20(24-14-15)27-10-8-26(9-11-27)19-4-2-3-7-22-19/h2-7,12-14,25H,8-11H2,1H3. The third kappa shape index (κ3) is 4.66. The van der Waals surface area contributed by atoms with E-state index in [9.17, 15) is 12.8 Å². The van der Waals surface area contributed by atoms with Crippen molar-refractivity contribution in [1.82, 2.24) is 15.0 Å². The van der Waals surface area contributed by atoms with Crippen LogP contribution in [-0.4, -0.2) is 56.7 Å². The second-order valence-corrected chi connectivity index (χ2v) is 8.52. The van der Waals surface area contributed by atoms with Crippen molar-refractivity contribution in [2.45, 2.75) is 4.90 Å². The summed E-state index contributed by atoms with van der Waals surface area (Å²) in [4.78, 5) is 16.9. The van der Waals surface area contributed by atoms with Crippen LogP contribution in [0.5, 0.6) is 5.75 Å². The van der Waals surface area contributed by atoms with Crippen LogP contribution in [0.25, 0.3) is 0 Å². The zero-order chi connectivity index (χ0) is 21.8. The van der Waals surface area contributed by atoms with Crippen molar-refractivity contribution in [1.29, 1.82) is 0 Å². The smallest absolute Gasteiger partial charge is 0.262 e. The lowest BCUT2D eigenvalue weighted by molar-refractivity contribution is 0.385. The van der Waals surface area contributed by atoms with E-state index < -0.39 is 15.8 Å². The van der Waals surface area contributed by atoms with Crippen molar-refractivity contribution in [2.75, 3.05) is 47.8 Å². The summed E-state index contributed by atoms with van der Waals surface area (Å²) in [7, 11) is -2.68. The highest BCUT2D eigenvalue weighted by Crippen LogP contribution is 2.23. The molecule has 4 rings (SSSR count). The predicted molar refractivity (Wildman–Crippen MR) is 114 cm³/mol. The Morgan fingerprint density at radius 1 is 1.00 bits per heavy atom. The molecule has 0 atom stereocenters. The maximum absolute atomic E-state index is 13.9. The van der Waals surface area contributed by atoms with Gasteiger partial charge in [-0.1, -0.05) is 6.07 Å². The van der Waals surface area contributed by atoms with Crippen molar-refractivity contribution in [3.63, 3.8) is 0 Å². The number of pyridine rings is 1. The number of nitrogens with one attached hydrogen (secondary N) is 1. The van der Waals surface area contributed by atoms with Crippen molar-refractivity contribution in [2.24, 2.45) is 0 Å². The summed E-state index contributed by atoms with van der Waals surface area (Å²) < 4.78 is 46.1. The second kappa shape index (κ2) is 8.72. The van der Waals surface area contributed by atoms with Gasteiger partial charge in [-0.2, -0.15) is 0 Å². The topological polar surface area (TPSA) is 101 Å². The Hall–Kier alpha value is -3.47. The minimum Gasteiger partial charge on any atom is -0.494 e. The van der Waals surface area contributed by atoms with Crippen LogP contribution in [0, 0.1) is 5.82 Å². The minimum absolute atomic E-state index is 0.0326. The van der Waals surface area contributed by atoms with Gasteiger partial charge in [0, 0.05) is 32.4 Å². The molecule has 1 fully saturated rings. The monoisotopic (exact) mass is 444 g/mol. The van der Waals surface area contributed by atoms with Crippen LogP contribution < -0.4 is 19.3 Å². The first-order chi connectivity index (χ1) is 15.0. The number of aromatic nitrogens is 3. The van der Waals surface area contributed by atoms with Gasteiger partial charge in [0.05, 0.1) is 30.1 Å². The molecule has 0 aliphatic carbocycles. The Bertz CT molecular complexity index is 1140. The molecule has 31 heavy (non-hydrogen) atoms. The molecule has 162 valence electrons. The summed E-state index contributed by atoms with van der Waals surface area (Å²) in [5.41, 5.74) is 0.187. The average molecular weight is 444 g/mol. The van der Waals surface area contributed by atoms with Gasteiger partial charge in [0.1, 0.15) is 5.82 Å². The quantitative estimate of drug-likeness (QED) is 0.617. The van der Waals surface area contributed by atoms with E-state index in [2.05, 4.69) is 24.6 Å². The largest absolute Gasteiger partial charge is 0.494 e. The summed E-state index contributed by atoms with van der Waals surface area (Å²) in [6.45, 7) is 2.98. The van der Waals surface area contributed by atoms with Crippen LogP contribution in [0.4, 0.5) is 21.8 Å². The van der Waals surface area contributed by atoms with E-state index in [1.807, 2.05) is 23.1 Å². The Morgan fingerprint density at radius 2 is 1.71 bits per heavy atom. The van der Waals surface area contributed by atoms with Gasteiger partial charge in [0.15, 0.2) is 11.6 Å². The van der Waals surface area contributed by atoms with Crippen molar-refractivity contribution in [3.8, 4) is 5.75 Å². The maximum atomic E-state index is 13.9. The van der Waals surface area contributed by atoms with Gasteiger partial charge in [-0.15, -0.1) is 0 Å². The molecule has 1 aromatic carbocycles. The summed E-state index contributed by atoms with van der Waals surface area (Å²) in [5, 5.41) is 0. The Morgan fingerprint density at radius 3 is 2.32 bits per heavy atom. The average Bonchev–Trinajstić information content (AvgIpc) is 2.80. The van der Waals surface area contributed by atoms with Crippen LogP contribution in [0.2, 0.25) is 0 Å². The van der Waals surface area contributed by atoms with Crippen LogP contribution in [0.15, 0.2) is 59.9 Å². The van der Waals surface area contributed by atoms with E-state index in [0.717, 1.165) is 25.0 Å². The molecule has 0 unspecified atom stereocenters. The fourth-order valence-electron chi connectivity index (χ4n) is 3.24. The SMILES string of the molecule is COc1ccc(S(=O)(=O)Nc2cnc(N3CCN(c4ccccn4)CC3)nc2)cc1F. The normalized spacial score (nSPS) is 14.4. The van der Waals surface area contributed by atoms with Crippen LogP contribution >= 0.6 is 0 Å². The molecule has 0 radical (unpaired) electrons. The molecule has 1 aliphatic rings. The maximum Gasteiger partial charge on any atom is 0.262 e. The summed E-state index contributed by atoms with van der Waals surface area (Å²) in [5.74, 6) is 0.651. The fraction of sp³-hybridized carbons (Fsp3) is 0.250. The lowest BCUT2D eigenvalue weighted by atomic mass is 10.3. The van der Waals surface area contributed by atoms with Gasteiger partial charge in [0.2, 0.25) is 5.95 Å². The van der Waals surface area contributed by atoms with E-state index in [1.54, 1.807) is 6.20 Å². The van der Waals surface area contributed by atoms with Gasteiger partial charge in [-0.05, 0) is 30.3 Å². The molecule has 0 amide bonds. The number of halogens is 1. The summed E-state index contributed by atoms with van der Waals surface area (Å²) >= 11 is 0. The van der Waals surface area contributed by atoms with Crippen molar-refractivity contribution in [3.05, 3.63) is 60.8 Å². The molecule has 3 heterocycles. The van der Waals surface area contributed by atoms with E-state index in [1.165, 1.54) is 31.6 Å². The third-order valence-corrected chi connectivity index (χ3v) is 6.24. The molecule has 0 saturated carbocycles. The van der Waals surface area contributed by atoms with Gasteiger partial charge in [-0.3, -0.25) is 4.72 Å². The molecule has 0 bridgehead atoms. The first-order valence-electron chi connectivity index (χ1n) is 9.55. The molecular weight excluding hydrogens is 423 g/mol. The molecule has 9 nitrogen and oxygen atoms in total. The van der Waals surface area contributed by atoms with E-state index >= 15 is 0 Å². The number of ether oxygens (including phenoxy) is 1. The van der Waals surface area contributed by atoms with Gasteiger partial charge < -0.3 is 14.5 Å². The molecular formula is C20H21FN6O3S. The Kier molecular flexibility index (Phi) is 5.85. The number of hydrogen-bond donors (Lipinski definition) is 1. The van der Waals surface area contributed by atoms with E-state index in [0.29, 0.717) is 19.0 Å². The Balaban J connectivity index is 1.40. The summed E-state index contributed by atoms with van der Waals surface area (Å²) in [6, 6.07) is 9.24. The number of rotatable bonds is 6. The number of benzene rings is 1. The molecule has 0 spiro atoms. The van der Waals surface area contributed by atoms with Gasteiger partial charge in [-0.25, -0.2) is 27.8 Å². The second-order valence-electron chi connectivity index (χ2n) is 6.84. The van der Waals surface area contributed by atoms with E-state index in [4.69, 9.17) is 4.74 Å². The number of methoxy groups -OCH3 is 1. The summed E-state index contributed by atoms with van der Waals surface area (Å²) in [6.07, 6.45) is 4.56. The lowest BCUT2D eigenvalue weighted by Crippen LogP contribution is -2.47. The Labute approximate surface area is 179 Å². The minimum atomic E-state index is -3.99. The molecule has 1 N–H and O–H groups in total. The number of anilines is 3. The van der Waals surface area contributed by atoms with Crippen LogP contribution in [-0.2, 0) is 10.0 Å². The zero-order valence-corrected chi connectivity index (χ0v) is 17.6. The molecule has 11 heteroatoms. The zero-order valence-electron chi connectivity index (χ0n) is 16.8. The number of sulfonamides is 1. The predicted octanol–water partition coefficient (Wildman–Crippen LogP) is 2.15. The molecule has 1 saturated heterocycles. The highest BCUT2D eigenvalue weighted by Gasteiger charge is 2.21. The highest BCUT2D eigenvalue weighted by molar-refractivity contribution is 7.92. The number of piperazine rings is 1. The van der Waals surface area contributed by atoms with Crippen molar-refractivity contribution < 1.29 is 17.5 Å². The van der Waals surface area contributed by atoms with Gasteiger partial charge >= 0.3 is 0 Å². The first-order valence-corrected chi connectivity index (χ1v) is 11.0. The lowest BCUT2D eigenvalue weighted by Gasteiger charge is -2.35. The molecule has 3 aromatic rings. The fourth-order valence-corrected chi connectivity index (χ4v) is 4.28. The highest BCUT2D eigenvalue weighted by atomic mass is 32.2. The first kappa shape index (κ1) is 20.8. The molecule has 2 aromatic heterocycles. The van der Waals surface area contributed by atoms with Crippen LogP contribution in [0.3, 0.4) is 0 Å². The van der Waals surface area contributed by atoms with E-state index in [-0.39, 0.29) is 16.3 Å². The molecule has 1 aliphatic heterocycles. The number of nitrogens with zero attached hydrogens (tertiary/aromatic N) is 5.